The van der Waals surface area contributed by atoms with Crippen molar-refractivity contribution in [1.82, 2.24) is 19.6 Å². The van der Waals surface area contributed by atoms with Gasteiger partial charge in [0, 0.05) is 23.6 Å². The topological polar surface area (TPSA) is 102 Å². The molecule has 0 saturated carbocycles. The summed E-state index contributed by atoms with van der Waals surface area (Å²) < 4.78 is 12.9. The minimum Gasteiger partial charge on any atom is -0.490 e. The van der Waals surface area contributed by atoms with Gasteiger partial charge in [-0.3, -0.25) is 18.9 Å². The van der Waals surface area contributed by atoms with E-state index in [1.165, 1.54) is 21.8 Å². The van der Waals surface area contributed by atoms with Crippen molar-refractivity contribution >= 4 is 28.2 Å². The van der Waals surface area contributed by atoms with Gasteiger partial charge in [0.2, 0.25) is 0 Å². The minimum atomic E-state index is -1.26. The SMILES string of the molecule is Cc1csc2nc(CN3C(=O)NC(C)(c4ccc5c(c4)OCCCO5)C3=O)cc(=O)n12. The summed E-state index contributed by atoms with van der Waals surface area (Å²) in [6.45, 7) is 4.47. The van der Waals surface area contributed by atoms with Gasteiger partial charge in [0.15, 0.2) is 16.5 Å². The predicted octanol–water partition coefficient (Wildman–Crippen LogP) is 2.19. The monoisotopic (exact) mass is 440 g/mol. The highest BCUT2D eigenvalue weighted by Crippen LogP contribution is 2.37. The molecule has 1 fully saturated rings. The van der Waals surface area contributed by atoms with Gasteiger partial charge in [0.1, 0.15) is 5.54 Å². The van der Waals surface area contributed by atoms with Gasteiger partial charge in [0.25, 0.3) is 11.5 Å². The first-order chi connectivity index (χ1) is 14.9. The Hall–Kier alpha value is -3.40. The highest BCUT2D eigenvalue weighted by Gasteiger charge is 2.49. The largest absolute Gasteiger partial charge is 0.490 e. The molecule has 1 N–H and O–H groups in total. The molecule has 0 bridgehead atoms. The van der Waals surface area contributed by atoms with Crippen LogP contribution in [-0.4, -0.2) is 39.4 Å². The number of fused-ring (bicyclic) bond motifs is 2. The van der Waals surface area contributed by atoms with Crippen LogP contribution in [0.3, 0.4) is 0 Å². The predicted molar refractivity (Wildman–Crippen MR) is 113 cm³/mol. The van der Waals surface area contributed by atoms with Crippen molar-refractivity contribution in [3.63, 3.8) is 0 Å². The normalized spacial score (nSPS) is 20.8. The molecule has 10 heteroatoms. The van der Waals surface area contributed by atoms with Crippen LogP contribution >= 0.6 is 11.3 Å². The fourth-order valence-electron chi connectivity index (χ4n) is 3.85. The van der Waals surface area contributed by atoms with Crippen molar-refractivity contribution in [3.05, 3.63) is 57.0 Å². The molecule has 5 rings (SSSR count). The number of rotatable bonds is 3. The number of imide groups is 1. The summed E-state index contributed by atoms with van der Waals surface area (Å²) in [6.07, 6.45) is 0.770. The zero-order valence-corrected chi connectivity index (χ0v) is 17.8. The fraction of sp³-hybridized carbons (Fsp3) is 0.333. The van der Waals surface area contributed by atoms with Crippen LogP contribution in [0.1, 0.15) is 30.3 Å². The molecular formula is C21H20N4O5S. The molecule has 9 nitrogen and oxygen atoms in total. The third kappa shape index (κ3) is 3.14. The lowest BCUT2D eigenvalue weighted by Gasteiger charge is -2.23. The van der Waals surface area contributed by atoms with Gasteiger partial charge in [-0.1, -0.05) is 6.07 Å². The number of carbonyl (C=O) groups is 2. The standard InChI is InChI=1S/C21H20N4O5S/c1-12-11-31-20-22-14(9-17(26)25(12)20)10-24-18(27)21(2,23-19(24)28)13-4-5-15-16(8-13)30-7-3-6-29-15/h4-5,8-9,11H,3,6-7,10H2,1-2H3,(H,23,28). The third-order valence-electron chi connectivity index (χ3n) is 5.55. The van der Waals surface area contributed by atoms with Gasteiger partial charge in [-0.15, -0.1) is 11.3 Å². The molecule has 1 unspecified atom stereocenters. The molecule has 4 heterocycles. The van der Waals surface area contributed by atoms with Crippen LogP contribution in [0, 0.1) is 6.92 Å². The maximum Gasteiger partial charge on any atom is 0.325 e. The molecule has 1 saturated heterocycles. The Morgan fingerprint density at radius 3 is 2.74 bits per heavy atom. The van der Waals surface area contributed by atoms with E-state index in [9.17, 15) is 14.4 Å². The van der Waals surface area contributed by atoms with E-state index in [0.717, 1.165) is 17.0 Å². The molecule has 3 aromatic rings. The number of aryl methyl sites for hydroxylation is 1. The van der Waals surface area contributed by atoms with Crippen molar-refractivity contribution in [2.45, 2.75) is 32.4 Å². The third-order valence-corrected chi connectivity index (χ3v) is 6.49. The van der Waals surface area contributed by atoms with Gasteiger partial charge >= 0.3 is 6.03 Å². The molecular weight excluding hydrogens is 420 g/mol. The molecule has 2 aliphatic heterocycles. The lowest BCUT2D eigenvalue weighted by atomic mass is 9.91. The van der Waals surface area contributed by atoms with Crippen LogP contribution in [0.15, 0.2) is 34.4 Å². The van der Waals surface area contributed by atoms with Crippen LogP contribution in [0.25, 0.3) is 4.96 Å². The van der Waals surface area contributed by atoms with Crippen molar-refractivity contribution in [1.29, 1.82) is 0 Å². The Kier molecular flexibility index (Phi) is 4.47. The smallest absolute Gasteiger partial charge is 0.325 e. The molecule has 2 aromatic heterocycles. The maximum atomic E-state index is 13.3. The van der Waals surface area contributed by atoms with E-state index in [2.05, 4.69) is 10.3 Å². The van der Waals surface area contributed by atoms with Crippen molar-refractivity contribution < 1.29 is 19.1 Å². The van der Waals surface area contributed by atoms with Gasteiger partial charge < -0.3 is 14.8 Å². The second-order valence-corrected chi connectivity index (χ2v) is 8.58. The number of hydrogen-bond acceptors (Lipinski definition) is 7. The Bertz CT molecular complexity index is 1280. The average Bonchev–Trinajstić information content (AvgIpc) is 3.09. The average molecular weight is 440 g/mol. The molecule has 1 aromatic carbocycles. The number of hydrogen-bond donors (Lipinski definition) is 1. The molecule has 31 heavy (non-hydrogen) atoms. The van der Waals surface area contributed by atoms with E-state index in [0.29, 0.717) is 40.9 Å². The molecule has 3 amide bonds. The first kappa shape index (κ1) is 19.6. The van der Waals surface area contributed by atoms with Crippen molar-refractivity contribution in [2.75, 3.05) is 13.2 Å². The van der Waals surface area contributed by atoms with Crippen LogP contribution in [-0.2, 0) is 16.9 Å². The van der Waals surface area contributed by atoms with Crippen molar-refractivity contribution in [2.24, 2.45) is 0 Å². The zero-order valence-electron chi connectivity index (χ0n) is 17.0. The Morgan fingerprint density at radius 2 is 1.94 bits per heavy atom. The minimum absolute atomic E-state index is 0.0898. The second-order valence-electron chi connectivity index (χ2n) is 7.74. The van der Waals surface area contributed by atoms with Gasteiger partial charge in [-0.2, -0.15) is 0 Å². The summed E-state index contributed by atoms with van der Waals surface area (Å²) in [5, 5.41) is 4.61. The van der Waals surface area contributed by atoms with E-state index < -0.39 is 17.5 Å². The Morgan fingerprint density at radius 1 is 1.16 bits per heavy atom. The number of aromatic nitrogens is 2. The molecule has 2 aliphatic rings. The number of urea groups is 1. The van der Waals surface area contributed by atoms with Crippen LogP contribution in [0.5, 0.6) is 11.5 Å². The molecule has 0 aliphatic carbocycles. The molecule has 1 atom stereocenters. The Balaban J connectivity index is 1.45. The second kappa shape index (κ2) is 7.09. The number of amides is 3. The lowest BCUT2D eigenvalue weighted by Crippen LogP contribution is -2.40. The van der Waals surface area contributed by atoms with Gasteiger partial charge in [-0.05, 0) is 31.5 Å². The first-order valence-electron chi connectivity index (χ1n) is 9.88. The Labute approximate surface area is 181 Å². The van der Waals surface area contributed by atoms with E-state index in [4.69, 9.17) is 9.47 Å². The first-order valence-corrected chi connectivity index (χ1v) is 10.8. The van der Waals surface area contributed by atoms with E-state index in [-0.39, 0.29) is 12.1 Å². The highest BCUT2D eigenvalue weighted by atomic mass is 32.1. The number of nitrogens with zero attached hydrogens (tertiary/aromatic N) is 3. The van der Waals surface area contributed by atoms with Gasteiger partial charge in [-0.25, -0.2) is 9.78 Å². The molecule has 0 spiro atoms. The quantitative estimate of drug-likeness (QED) is 0.627. The fourth-order valence-corrected chi connectivity index (χ4v) is 4.75. The van der Waals surface area contributed by atoms with Crippen LogP contribution in [0.2, 0.25) is 0 Å². The van der Waals surface area contributed by atoms with Crippen LogP contribution < -0.4 is 20.3 Å². The lowest BCUT2D eigenvalue weighted by molar-refractivity contribution is -0.131. The zero-order chi connectivity index (χ0) is 21.8. The number of benzene rings is 1. The summed E-state index contributed by atoms with van der Waals surface area (Å²) in [7, 11) is 0. The van der Waals surface area contributed by atoms with E-state index in [1.807, 2.05) is 12.3 Å². The number of ether oxygens (including phenoxy) is 2. The summed E-state index contributed by atoms with van der Waals surface area (Å²) in [4.78, 5) is 44.5. The van der Waals surface area contributed by atoms with E-state index in [1.54, 1.807) is 25.1 Å². The summed E-state index contributed by atoms with van der Waals surface area (Å²) in [5.41, 5.74) is 0.242. The molecule has 0 radical (unpaired) electrons. The van der Waals surface area contributed by atoms with Gasteiger partial charge in [0.05, 0.1) is 25.5 Å². The maximum absolute atomic E-state index is 13.3. The summed E-state index contributed by atoms with van der Waals surface area (Å²) >= 11 is 1.34. The summed E-state index contributed by atoms with van der Waals surface area (Å²) in [6, 6.07) is 6.05. The van der Waals surface area contributed by atoms with Crippen LogP contribution in [0.4, 0.5) is 4.79 Å². The van der Waals surface area contributed by atoms with Crippen molar-refractivity contribution in [3.8, 4) is 11.5 Å². The number of carbonyl (C=O) groups excluding carboxylic acids is 2. The molecule has 160 valence electrons. The highest BCUT2D eigenvalue weighted by molar-refractivity contribution is 7.15. The van der Waals surface area contributed by atoms with E-state index >= 15 is 0 Å². The summed E-state index contributed by atoms with van der Waals surface area (Å²) in [5.74, 6) is 0.740. The number of thiazole rings is 1. The number of nitrogens with one attached hydrogen (secondary N) is 1.